The average molecular weight is 681 g/mol. The number of aromatic nitrogens is 3. The molecule has 3 aromatic heterocycles. The minimum atomic E-state index is 0.660. The number of para-hydroxylation sites is 2. The maximum absolute atomic E-state index is 6.83. The van der Waals surface area contributed by atoms with Crippen LogP contribution in [0.3, 0.4) is 0 Å². The second-order valence-corrected chi connectivity index (χ2v) is 13.7. The van der Waals surface area contributed by atoms with Gasteiger partial charge in [0.2, 0.25) is 0 Å². The van der Waals surface area contributed by atoms with E-state index < -0.39 is 0 Å². The molecule has 0 unspecified atom stereocenters. The number of rotatable bonds is 5. The van der Waals surface area contributed by atoms with Crippen LogP contribution in [0.25, 0.3) is 77.9 Å². The van der Waals surface area contributed by atoms with Gasteiger partial charge in [0.15, 0.2) is 17.2 Å². The number of benzene rings is 7. The lowest BCUT2D eigenvalue weighted by atomic mass is 9.93. The summed E-state index contributed by atoms with van der Waals surface area (Å²) in [5, 5.41) is 5.62. The normalized spacial score (nSPS) is 12.7. The van der Waals surface area contributed by atoms with Crippen LogP contribution in [0, 0.1) is 0 Å². The van der Waals surface area contributed by atoms with Crippen LogP contribution in [-0.2, 0) is 6.42 Å². The highest BCUT2D eigenvalue weighted by Gasteiger charge is 2.25. The zero-order valence-corrected chi connectivity index (χ0v) is 28.8. The molecule has 11 rings (SSSR count). The Balaban J connectivity index is 1.25. The molecule has 0 spiro atoms. The lowest BCUT2D eigenvalue weighted by Crippen LogP contribution is -2.09. The van der Waals surface area contributed by atoms with Gasteiger partial charge in [-0.2, -0.15) is 0 Å². The van der Waals surface area contributed by atoms with E-state index in [9.17, 15) is 0 Å². The Labute approximate surface area is 305 Å². The Kier molecular flexibility index (Phi) is 6.61. The average Bonchev–Trinajstić information content (AvgIpc) is 3.76. The van der Waals surface area contributed by atoms with Gasteiger partial charge in [-0.25, -0.2) is 9.97 Å². The summed E-state index contributed by atoms with van der Waals surface area (Å²) in [5.41, 5.74) is 11.3. The van der Waals surface area contributed by atoms with Crippen LogP contribution in [-0.4, -0.2) is 14.5 Å². The van der Waals surface area contributed by atoms with Crippen LogP contribution in [0.5, 0.6) is 0 Å². The Morgan fingerprint density at radius 2 is 1.26 bits per heavy atom. The molecule has 5 heteroatoms. The molecule has 0 saturated heterocycles. The predicted octanol–water partition coefficient (Wildman–Crippen LogP) is 12.7. The molecule has 0 atom stereocenters. The van der Waals surface area contributed by atoms with Gasteiger partial charge < -0.3 is 9.32 Å². The van der Waals surface area contributed by atoms with E-state index in [0.717, 1.165) is 85.0 Å². The Morgan fingerprint density at radius 3 is 2.02 bits per heavy atom. The van der Waals surface area contributed by atoms with Crippen molar-refractivity contribution < 1.29 is 4.42 Å². The maximum atomic E-state index is 6.83. The van der Waals surface area contributed by atoms with Crippen molar-refractivity contribution in [2.24, 2.45) is 0 Å². The molecule has 1 aliphatic rings. The van der Waals surface area contributed by atoms with Gasteiger partial charge in [0, 0.05) is 38.8 Å². The molecule has 0 fully saturated rings. The monoisotopic (exact) mass is 680 g/mol. The van der Waals surface area contributed by atoms with E-state index in [1.807, 2.05) is 18.2 Å². The first-order valence-corrected chi connectivity index (χ1v) is 18.1. The number of hydrogen-bond donors (Lipinski definition) is 0. The van der Waals surface area contributed by atoms with Gasteiger partial charge in [-0.15, -0.1) is 0 Å². The third-order valence-electron chi connectivity index (χ3n) is 10.6. The number of hydrogen-bond acceptors (Lipinski definition) is 4. The highest BCUT2D eigenvalue weighted by Crippen LogP contribution is 2.44. The fourth-order valence-electron chi connectivity index (χ4n) is 8.17. The highest BCUT2D eigenvalue weighted by molar-refractivity contribution is 6.16. The summed E-state index contributed by atoms with van der Waals surface area (Å²) in [5.74, 6) is 1.39. The third-order valence-corrected chi connectivity index (χ3v) is 10.6. The highest BCUT2D eigenvalue weighted by atomic mass is 16.3. The molecule has 0 saturated carbocycles. The molecule has 0 amide bonds. The largest absolute Gasteiger partial charge is 0.450 e. The number of anilines is 3. The van der Waals surface area contributed by atoms with Crippen molar-refractivity contribution >= 4 is 77.8 Å². The van der Waals surface area contributed by atoms with E-state index >= 15 is 0 Å². The molecule has 0 aliphatic heterocycles. The summed E-state index contributed by atoms with van der Waals surface area (Å²) < 4.78 is 9.12. The van der Waals surface area contributed by atoms with Crippen molar-refractivity contribution in [1.82, 2.24) is 14.5 Å². The van der Waals surface area contributed by atoms with E-state index in [0.29, 0.717) is 11.4 Å². The number of aryl methyl sites for hydroxylation is 1. The van der Waals surface area contributed by atoms with Crippen molar-refractivity contribution in [2.75, 3.05) is 4.90 Å². The summed E-state index contributed by atoms with van der Waals surface area (Å²) in [6, 6.07) is 55.5. The van der Waals surface area contributed by atoms with Gasteiger partial charge in [0.05, 0.1) is 11.0 Å². The minimum Gasteiger partial charge on any atom is -0.450 e. The molecular formula is C48H32N4O. The van der Waals surface area contributed by atoms with Crippen molar-refractivity contribution in [2.45, 2.75) is 12.8 Å². The zero-order valence-electron chi connectivity index (χ0n) is 28.8. The molecule has 10 aromatic rings. The van der Waals surface area contributed by atoms with Gasteiger partial charge in [0.1, 0.15) is 11.1 Å². The lowest BCUT2D eigenvalue weighted by Gasteiger charge is -2.25. The number of fused-ring (bicyclic) bond motifs is 9. The second kappa shape index (κ2) is 11.8. The summed E-state index contributed by atoms with van der Waals surface area (Å²) in [6.07, 6.45) is 6.66. The molecular weight excluding hydrogens is 649 g/mol. The van der Waals surface area contributed by atoms with Crippen LogP contribution in [0.15, 0.2) is 168 Å². The van der Waals surface area contributed by atoms with Crippen LogP contribution in [0.1, 0.15) is 17.5 Å². The summed E-state index contributed by atoms with van der Waals surface area (Å²) in [6.45, 7) is 0. The van der Waals surface area contributed by atoms with Crippen LogP contribution < -0.4 is 4.90 Å². The first-order chi connectivity index (χ1) is 26.3. The number of allylic oxidation sites excluding steroid dienone is 1. The molecule has 250 valence electrons. The summed E-state index contributed by atoms with van der Waals surface area (Å²) in [4.78, 5) is 12.9. The van der Waals surface area contributed by atoms with E-state index in [1.165, 1.54) is 16.5 Å². The first-order valence-electron chi connectivity index (χ1n) is 18.1. The van der Waals surface area contributed by atoms with Gasteiger partial charge in [0.25, 0.3) is 0 Å². The van der Waals surface area contributed by atoms with Crippen LogP contribution in [0.2, 0.25) is 0 Å². The van der Waals surface area contributed by atoms with Crippen molar-refractivity contribution in [1.29, 1.82) is 0 Å². The second-order valence-electron chi connectivity index (χ2n) is 13.7. The van der Waals surface area contributed by atoms with Gasteiger partial charge in [-0.3, -0.25) is 4.57 Å². The van der Waals surface area contributed by atoms with E-state index in [1.54, 1.807) is 0 Å². The molecule has 0 N–H and O–H groups in total. The maximum Gasteiger partial charge on any atom is 0.197 e. The van der Waals surface area contributed by atoms with Gasteiger partial charge >= 0.3 is 0 Å². The number of nitrogens with zero attached hydrogens (tertiary/aromatic N) is 4. The quantitative estimate of drug-likeness (QED) is 0.182. The third kappa shape index (κ3) is 4.71. The molecule has 0 radical (unpaired) electrons. The zero-order chi connectivity index (χ0) is 34.9. The van der Waals surface area contributed by atoms with E-state index in [4.69, 9.17) is 14.4 Å². The molecule has 3 heterocycles. The first kappa shape index (κ1) is 29.7. The van der Waals surface area contributed by atoms with E-state index in [2.05, 4.69) is 161 Å². The summed E-state index contributed by atoms with van der Waals surface area (Å²) >= 11 is 0. The number of furan rings is 1. The molecule has 1 aliphatic carbocycles. The van der Waals surface area contributed by atoms with Crippen LogP contribution in [0.4, 0.5) is 17.1 Å². The molecule has 7 aromatic carbocycles. The predicted molar refractivity (Wildman–Crippen MR) is 219 cm³/mol. The van der Waals surface area contributed by atoms with Gasteiger partial charge in [-0.1, -0.05) is 109 Å². The fraction of sp³-hybridized carbons (Fsp3) is 0.0417. The Hall–Kier alpha value is -6.98. The molecule has 53 heavy (non-hydrogen) atoms. The van der Waals surface area contributed by atoms with Crippen molar-refractivity contribution in [3.8, 4) is 17.2 Å². The van der Waals surface area contributed by atoms with Gasteiger partial charge in [-0.05, 0) is 95.4 Å². The lowest BCUT2D eigenvalue weighted by molar-refractivity contribution is 0.663. The molecule has 5 nitrogen and oxygen atoms in total. The van der Waals surface area contributed by atoms with E-state index in [-0.39, 0.29) is 0 Å². The van der Waals surface area contributed by atoms with Crippen molar-refractivity contribution in [3.63, 3.8) is 0 Å². The standard InChI is InChI=1S/C48H32N4O/c1-4-15-32(16-5-1)47-49-45-40-28-33-17-10-11-18-34(33)29-43(40)53-46(45)48(50-47)52-41-27-25-37(51(35-19-6-2-7-20-35)36-21-8-3-9-22-36)30-39(41)44-38-23-13-12-14-31(38)24-26-42(44)52/h1-11,13,15-30H,12,14H2. The minimum absolute atomic E-state index is 0.660. The van der Waals surface area contributed by atoms with Crippen LogP contribution >= 0.6 is 0 Å². The Morgan fingerprint density at radius 1 is 0.585 bits per heavy atom. The van der Waals surface area contributed by atoms with Crippen molar-refractivity contribution in [3.05, 3.63) is 175 Å². The smallest absolute Gasteiger partial charge is 0.197 e. The fourth-order valence-corrected chi connectivity index (χ4v) is 8.17. The SMILES string of the molecule is C1=Cc2c(ccc3c2c2cc(N(c4ccccc4)c4ccccc4)ccc2n3-c2nc(-c3ccccc3)nc3c2oc2cc4ccccc4cc23)CC1. The molecule has 0 bridgehead atoms. The summed E-state index contributed by atoms with van der Waals surface area (Å²) in [7, 11) is 0. The topological polar surface area (TPSA) is 47.1 Å². The Bertz CT molecular complexity index is 3010.